The van der Waals surface area contributed by atoms with Gasteiger partial charge in [-0.3, -0.25) is 9.69 Å². The monoisotopic (exact) mass is 313 g/mol. The van der Waals surface area contributed by atoms with E-state index in [1.807, 2.05) is 34.6 Å². The topological polar surface area (TPSA) is 61.9 Å². The summed E-state index contributed by atoms with van der Waals surface area (Å²) in [5.74, 6) is 0.145. The van der Waals surface area contributed by atoms with Crippen molar-refractivity contribution in [2.45, 2.75) is 46.6 Å². The molecule has 1 saturated heterocycles. The molecule has 22 heavy (non-hydrogen) atoms. The Bertz CT molecular complexity index is 369. The summed E-state index contributed by atoms with van der Waals surface area (Å²) >= 11 is 0. The molecule has 0 aromatic heterocycles. The predicted octanol–water partition coefficient (Wildman–Crippen LogP) is 1.70. The highest BCUT2D eigenvalue weighted by Crippen LogP contribution is 2.11. The van der Waals surface area contributed by atoms with Gasteiger partial charge in [-0.1, -0.05) is 13.8 Å². The van der Waals surface area contributed by atoms with Crippen molar-refractivity contribution >= 4 is 12.0 Å². The summed E-state index contributed by atoms with van der Waals surface area (Å²) in [7, 11) is 0. The average Bonchev–Trinajstić information content (AvgIpc) is 2.42. The van der Waals surface area contributed by atoms with Gasteiger partial charge in [0.25, 0.3) is 0 Å². The first-order chi connectivity index (χ1) is 10.2. The van der Waals surface area contributed by atoms with Gasteiger partial charge < -0.3 is 15.0 Å². The van der Waals surface area contributed by atoms with Crippen LogP contribution in [0.4, 0.5) is 4.79 Å². The second kappa shape index (κ2) is 8.36. The van der Waals surface area contributed by atoms with Gasteiger partial charge in [-0.25, -0.2) is 4.79 Å². The fourth-order valence-electron chi connectivity index (χ4n) is 2.20. The molecular weight excluding hydrogens is 282 g/mol. The van der Waals surface area contributed by atoms with E-state index in [4.69, 9.17) is 4.74 Å². The highest BCUT2D eigenvalue weighted by atomic mass is 16.6. The second-order valence-electron chi connectivity index (χ2n) is 7.11. The third-order valence-electron chi connectivity index (χ3n) is 3.50. The van der Waals surface area contributed by atoms with Crippen LogP contribution in [0.1, 0.15) is 41.0 Å². The van der Waals surface area contributed by atoms with Crippen molar-refractivity contribution in [3.63, 3.8) is 0 Å². The van der Waals surface area contributed by atoms with Crippen LogP contribution in [0.3, 0.4) is 0 Å². The molecule has 0 aromatic rings. The van der Waals surface area contributed by atoms with Crippen molar-refractivity contribution in [2.75, 3.05) is 39.3 Å². The minimum absolute atomic E-state index is 0.0392. The normalized spacial score (nSPS) is 16.7. The predicted molar refractivity (Wildman–Crippen MR) is 86.7 cm³/mol. The highest BCUT2D eigenvalue weighted by Gasteiger charge is 2.25. The minimum atomic E-state index is -0.442. The van der Waals surface area contributed by atoms with Crippen LogP contribution >= 0.6 is 0 Å². The zero-order valence-electron chi connectivity index (χ0n) is 14.6. The van der Waals surface area contributed by atoms with Gasteiger partial charge in [-0.2, -0.15) is 0 Å². The number of carbonyl (C=O) groups excluding carboxylic acids is 2. The molecule has 0 spiro atoms. The maximum absolute atomic E-state index is 12.0. The van der Waals surface area contributed by atoms with Crippen LogP contribution in [0.25, 0.3) is 0 Å². The molecule has 0 aliphatic carbocycles. The van der Waals surface area contributed by atoms with E-state index in [0.717, 1.165) is 26.1 Å². The van der Waals surface area contributed by atoms with E-state index < -0.39 is 5.60 Å². The molecule has 6 nitrogen and oxygen atoms in total. The lowest BCUT2D eigenvalue weighted by atomic mass is 10.2. The third-order valence-corrected chi connectivity index (χ3v) is 3.50. The van der Waals surface area contributed by atoms with Crippen LogP contribution in [0.15, 0.2) is 0 Å². The van der Waals surface area contributed by atoms with E-state index >= 15 is 0 Å². The van der Waals surface area contributed by atoms with Gasteiger partial charge in [0.15, 0.2) is 0 Å². The number of amides is 2. The van der Waals surface area contributed by atoms with Crippen LogP contribution in [0.5, 0.6) is 0 Å². The van der Waals surface area contributed by atoms with Gasteiger partial charge in [0.05, 0.1) is 0 Å². The second-order valence-corrected chi connectivity index (χ2v) is 7.11. The molecule has 1 aliphatic rings. The Kier molecular flexibility index (Phi) is 7.13. The number of ether oxygens (including phenoxy) is 1. The molecular formula is C16H31N3O3. The number of rotatable bonds is 5. The van der Waals surface area contributed by atoms with Gasteiger partial charge in [0, 0.05) is 38.6 Å². The largest absolute Gasteiger partial charge is 0.444 e. The molecule has 128 valence electrons. The van der Waals surface area contributed by atoms with Gasteiger partial charge >= 0.3 is 6.09 Å². The van der Waals surface area contributed by atoms with Crippen LogP contribution in [0, 0.1) is 5.92 Å². The van der Waals surface area contributed by atoms with Crippen molar-refractivity contribution in [3.8, 4) is 0 Å². The quantitative estimate of drug-likeness (QED) is 0.785. The maximum Gasteiger partial charge on any atom is 0.410 e. The summed E-state index contributed by atoms with van der Waals surface area (Å²) in [6.45, 7) is 14.2. The summed E-state index contributed by atoms with van der Waals surface area (Å²) < 4.78 is 5.38. The molecule has 2 amide bonds. The molecule has 0 radical (unpaired) electrons. The number of hydrogen-bond acceptors (Lipinski definition) is 4. The van der Waals surface area contributed by atoms with E-state index in [1.165, 1.54) is 0 Å². The molecule has 0 atom stereocenters. The molecule has 1 fully saturated rings. The molecule has 1 N–H and O–H groups in total. The number of carbonyl (C=O) groups is 2. The highest BCUT2D eigenvalue weighted by molar-refractivity contribution is 5.77. The molecule has 0 unspecified atom stereocenters. The van der Waals surface area contributed by atoms with Gasteiger partial charge in [0.1, 0.15) is 5.60 Å². The zero-order chi connectivity index (χ0) is 16.8. The van der Waals surface area contributed by atoms with Gasteiger partial charge in [-0.15, -0.1) is 0 Å². The Morgan fingerprint density at radius 2 is 1.73 bits per heavy atom. The fraction of sp³-hybridized carbons (Fsp3) is 0.875. The Labute approximate surface area is 134 Å². The van der Waals surface area contributed by atoms with E-state index in [1.54, 1.807) is 4.90 Å². The molecule has 0 aromatic carbocycles. The van der Waals surface area contributed by atoms with E-state index in [-0.39, 0.29) is 17.9 Å². The van der Waals surface area contributed by atoms with Crippen molar-refractivity contribution < 1.29 is 14.3 Å². The number of piperazine rings is 1. The van der Waals surface area contributed by atoms with E-state index in [0.29, 0.717) is 19.6 Å². The maximum atomic E-state index is 12.0. The summed E-state index contributed by atoms with van der Waals surface area (Å²) in [4.78, 5) is 27.5. The summed E-state index contributed by atoms with van der Waals surface area (Å²) in [5, 5.41) is 2.92. The number of nitrogens with zero attached hydrogens (tertiary/aromatic N) is 2. The molecule has 6 heteroatoms. The van der Waals surface area contributed by atoms with Crippen LogP contribution < -0.4 is 5.32 Å². The molecule has 1 heterocycles. The Balaban J connectivity index is 2.17. The third kappa shape index (κ3) is 7.11. The van der Waals surface area contributed by atoms with Gasteiger partial charge in [-0.05, 0) is 33.7 Å². The zero-order valence-corrected chi connectivity index (χ0v) is 14.6. The molecule has 1 aliphatic heterocycles. The summed E-state index contributed by atoms with van der Waals surface area (Å²) in [6.07, 6.45) is 0.710. The first-order valence-electron chi connectivity index (χ1n) is 8.17. The van der Waals surface area contributed by atoms with E-state index in [9.17, 15) is 9.59 Å². The standard InChI is InChI=1S/C16H31N3O3/c1-13(2)14(20)17-7-6-8-18-9-11-19(12-10-18)15(21)22-16(3,4)5/h13H,6-12H2,1-5H3,(H,17,20). The Morgan fingerprint density at radius 3 is 2.23 bits per heavy atom. The Hall–Kier alpha value is -1.30. The smallest absolute Gasteiger partial charge is 0.410 e. The molecule has 1 rings (SSSR count). The van der Waals surface area contributed by atoms with Crippen LogP contribution in [-0.4, -0.2) is 66.7 Å². The van der Waals surface area contributed by atoms with Crippen molar-refractivity contribution in [1.29, 1.82) is 0 Å². The first-order valence-corrected chi connectivity index (χ1v) is 8.17. The fourth-order valence-corrected chi connectivity index (χ4v) is 2.20. The van der Waals surface area contributed by atoms with Crippen molar-refractivity contribution in [3.05, 3.63) is 0 Å². The minimum Gasteiger partial charge on any atom is -0.444 e. The lowest BCUT2D eigenvalue weighted by molar-refractivity contribution is -0.124. The van der Waals surface area contributed by atoms with E-state index in [2.05, 4.69) is 10.2 Å². The first kappa shape index (κ1) is 18.7. The van der Waals surface area contributed by atoms with Crippen LogP contribution in [0.2, 0.25) is 0 Å². The lowest BCUT2D eigenvalue weighted by Gasteiger charge is -2.35. The summed E-state index contributed by atoms with van der Waals surface area (Å²) in [6, 6.07) is 0. The number of hydrogen-bond donors (Lipinski definition) is 1. The van der Waals surface area contributed by atoms with Crippen molar-refractivity contribution in [1.82, 2.24) is 15.1 Å². The summed E-state index contributed by atoms with van der Waals surface area (Å²) in [5.41, 5.74) is -0.442. The number of nitrogens with one attached hydrogen (secondary N) is 1. The Morgan fingerprint density at radius 1 is 1.14 bits per heavy atom. The molecule has 0 bridgehead atoms. The van der Waals surface area contributed by atoms with Crippen molar-refractivity contribution in [2.24, 2.45) is 5.92 Å². The average molecular weight is 313 g/mol. The molecule has 0 saturated carbocycles. The lowest BCUT2D eigenvalue weighted by Crippen LogP contribution is -2.50. The van der Waals surface area contributed by atoms with Gasteiger partial charge in [0.2, 0.25) is 5.91 Å². The van der Waals surface area contributed by atoms with Crippen LogP contribution in [-0.2, 0) is 9.53 Å². The SMILES string of the molecule is CC(C)C(=O)NCCCN1CCN(C(=O)OC(C)(C)C)CC1.